The van der Waals surface area contributed by atoms with Crippen molar-refractivity contribution in [2.75, 3.05) is 19.1 Å². The van der Waals surface area contributed by atoms with Crippen LogP contribution >= 0.6 is 0 Å². The summed E-state index contributed by atoms with van der Waals surface area (Å²) >= 11 is 0. The van der Waals surface area contributed by atoms with Crippen LogP contribution in [0.1, 0.15) is 12.5 Å². The molecule has 1 aromatic heterocycles. The van der Waals surface area contributed by atoms with Crippen LogP contribution in [0.2, 0.25) is 0 Å². The van der Waals surface area contributed by atoms with E-state index in [0.29, 0.717) is 11.7 Å². The Labute approximate surface area is 129 Å². The highest BCUT2D eigenvalue weighted by atomic mass is 16.6. The highest BCUT2D eigenvalue weighted by Gasteiger charge is 2.15. The predicted octanol–water partition coefficient (Wildman–Crippen LogP) is 2.49. The largest absolute Gasteiger partial charge is 0.479 e. The third-order valence-corrected chi connectivity index (χ3v) is 3.14. The van der Waals surface area contributed by atoms with E-state index in [4.69, 9.17) is 4.74 Å². The van der Waals surface area contributed by atoms with Gasteiger partial charge >= 0.3 is 5.97 Å². The summed E-state index contributed by atoms with van der Waals surface area (Å²) < 4.78 is 10.1. The first-order chi connectivity index (χ1) is 10.5. The minimum atomic E-state index is -0.644. The topological polar surface area (TPSA) is 64.6 Å². The normalized spacial score (nSPS) is 11.6. The highest BCUT2D eigenvalue weighted by Crippen LogP contribution is 2.23. The molecule has 1 heterocycles. The molecule has 0 saturated heterocycles. The van der Waals surface area contributed by atoms with Crippen molar-refractivity contribution < 1.29 is 14.3 Å². The lowest BCUT2D eigenvalue weighted by molar-refractivity contribution is -0.147. The van der Waals surface area contributed by atoms with Gasteiger partial charge in [-0.15, -0.1) is 0 Å². The molecule has 2 rings (SSSR count). The first-order valence-corrected chi connectivity index (χ1v) is 6.88. The van der Waals surface area contributed by atoms with Gasteiger partial charge in [0.15, 0.2) is 6.10 Å². The molecule has 0 amide bonds. The van der Waals surface area contributed by atoms with Crippen molar-refractivity contribution in [1.82, 2.24) is 9.97 Å². The zero-order valence-corrected chi connectivity index (χ0v) is 13.1. The van der Waals surface area contributed by atoms with E-state index in [9.17, 15) is 4.79 Å². The van der Waals surface area contributed by atoms with Crippen LogP contribution in [-0.4, -0.2) is 36.2 Å². The number of benzene rings is 1. The molecule has 0 aliphatic rings. The lowest BCUT2D eigenvalue weighted by atomic mass is 10.3. The van der Waals surface area contributed by atoms with Crippen molar-refractivity contribution in [3.63, 3.8) is 0 Å². The van der Waals surface area contributed by atoms with Gasteiger partial charge in [-0.05, 0) is 43.7 Å². The molecule has 22 heavy (non-hydrogen) atoms. The zero-order chi connectivity index (χ0) is 16.1. The maximum absolute atomic E-state index is 11.3. The van der Waals surface area contributed by atoms with Gasteiger partial charge in [-0.1, -0.05) is 0 Å². The summed E-state index contributed by atoms with van der Waals surface area (Å²) in [6, 6.07) is 7.34. The van der Waals surface area contributed by atoms with E-state index in [-0.39, 0.29) is 0 Å². The Balaban J connectivity index is 2.08. The van der Waals surface area contributed by atoms with Crippen molar-refractivity contribution in [1.29, 1.82) is 0 Å². The van der Waals surface area contributed by atoms with Crippen LogP contribution < -0.4 is 9.64 Å². The average Bonchev–Trinajstić information content (AvgIpc) is 2.54. The van der Waals surface area contributed by atoms with Crippen LogP contribution in [0.15, 0.2) is 36.7 Å². The number of anilines is 2. The summed E-state index contributed by atoms with van der Waals surface area (Å²) in [5.74, 6) is 0.802. The Bertz CT molecular complexity index is 626. The van der Waals surface area contributed by atoms with Crippen LogP contribution in [-0.2, 0) is 9.53 Å². The van der Waals surface area contributed by atoms with Crippen LogP contribution in [0.5, 0.6) is 5.75 Å². The fourth-order valence-electron chi connectivity index (χ4n) is 1.84. The lowest BCUT2D eigenvalue weighted by Gasteiger charge is -2.18. The second-order valence-electron chi connectivity index (χ2n) is 4.90. The van der Waals surface area contributed by atoms with Crippen molar-refractivity contribution in [3.8, 4) is 5.75 Å². The molecule has 1 aromatic carbocycles. The van der Waals surface area contributed by atoms with E-state index >= 15 is 0 Å². The first-order valence-electron chi connectivity index (χ1n) is 6.88. The summed E-state index contributed by atoms with van der Waals surface area (Å²) in [5, 5.41) is 0. The highest BCUT2D eigenvalue weighted by molar-refractivity contribution is 5.74. The molecular weight excluding hydrogens is 282 g/mol. The molecule has 6 heteroatoms. The van der Waals surface area contributed by atoms with Gasteiger partial charge in [0.25, 0.3) is 0 Å². The Hall–Kier alpha value is -2.63. The van der Waals surface area contributed by atoms with Crippen LogP contribution in [0.25, 0.3) is 0 Å². The molecule has 0 aliphatic heterocycles. The van der Waals surface area contributed by atoms with E-state index in [2.05, 4.69) is 14.7 Å². The number of aromatic nitrogens is 2. The summed E-state index contributed by atoms with van der Waals surface area (Å²) in [6.45, 7) is 3.59. The van der Waals surface area contributed by atoms with Gasteiger partial charge in [-0.2, -0.15) is 0 Å². The molecule has 1 unspecified atom stereocenters. The number of carbonyl (C=O) groups is 1. The molecule has 0 radical (unpaired) electrons. The Kier molecular flexibility index (Phi) is 4.93. The van der Waals surface area contributed by atoms with Crippen molar-refractivity contribution in [2.45, 2.75) is 20.0 Å². The molecule has 0 N–H and O–H groups in total. The van der Waals surface area contributed by atoms with Crippen LogP contribution in [0, 0.1) is 6.92 Å². The molecule has 6 nitrogen and oxygen atoms in total. The quantitative estimate of drug-likeness (QED) is 0.791. The maximum atomic E-state index is 11.3. The minimum absolute atomic E-state index is 0.408. The van der Waals surface area contributed by atoms with E-state index < -0.39 is 12.1 Å². The maximum Gasteiger partial charge on any atom is 0.346 e. The number of nitrogens with zero attached hydrogens (tertiary/aromatic N) is 3. The molecule has 0 bridgehead atoms. The number of hydrogen-bond donors (Lipinski definition) is 0. The third kappa shape index (κ3) is 3.72. The summed E-state index contributed by atoms with van der Waals surface area (Å²) in [6.07, 6.45) is 2.90. The fourth-order valence-corrected chi connectivity index (χ4v) is 1.84. The summed E-state index contributed by atoms with van der Waals surface area (Å²) in [7, 11) is 3.22. The van der Waals surface area contributed by atoms with Crippen LogP contribution in [0.3, 0.4) is 0 Å². The standard InChI is InChI=1S/C16H19N3O3/c1-11-9-17-16(18-10-11)19(3)13-5-7-14(8-6-13)22-12(2)15(20)21-4/h5-10,12H,1-4H3. The second kappa shape index (κ2) is 6.89. The Morgan fingerprint density at radius 2 is 1.77 bits per heavy atom. The van der Waals surface area contributed by atoms with Gasteiger partial charge in [0, 0.05) is 25.1 Å². The van der Waals surface area contributed by atoms with Crippen molar-refractivity contribution in [3.05, 3.63) is 42.2 Å². The molecule has 0 fully saturated rings. The molecule has 116 valence electrons. The van der Waals surface area contributed by atoms with Gasteiger partial charge < -0.3 is 14.4 Å². The number of ether oxygens (including phenoxy) is 2. The Morgan fingerprint density at radius 3 is 2.32 bits per heavy atom. The van der Waals surface area contributed by atoms with Gasteiger partial charge in [-0.25, -0.2) is 14.8 Å². The van der Waals surface area contributed by atoms with Gasteiger partial charge in [0.1, 0.15) is 5.75 Å². The number of methoxy groups -OCH3 is 1. The molecule has 2 aromatic rings. The molecule has 1 atom stereocenters. The van der Waals surface area contributed by atoms with Gasteiger partial charge in [0.2, 0.25) is 5.95 Å². The van der Waals surface area contributed by atoms with Gasteiger partial charge in [-0.3, -0.25) is 0 Å². The number of carbonyl (C=O) groups excluding carboxylic acids is 1. The summed E-state index contributed by atoms with van der Waals surface area (Å²) in [5.41, 5.74) is 1.93. The first kappa shape index (κ1) is 15.8. The zero-order valence-electron chi connectivity index (χ0n) is 13.1. The molecule has 0 spiro atoms. The predicted molar refractivity (Wildman–Crippen MR) is 83.4 cm³/mol. The Morgan fingerprint density at radius 1 is 1.18 bits per heavy atom. The van der Waals surface area contributed by atoms with Crippen molar-refractivity contribution in [2.24, 2.45) is 0 Å². The third-order valence-electron chi connectivity index (χ3n) is 3.14. The number of aryl methyl sites for hydroxylation is 1. The van der Waals surface area contributed by atoms with Crippen LogP contribution in [0.4, 0.5) is 11.6 Å². The minimum Gasteiger partial charge on any atom is -0.479 e. The second-order valence-corrected chi connectivity index (χ2v) is 4.90. The fraction of sp³-hybridized carbons (Fsp3) is 0.312. The van der Waals surface area contributed by atoms with Crippen molar-refractivity contribution >= 4 is 17.6 Å². The molecule has 0 saturated carbocycles. The average molecular weight is 301 g/mol. The number of rotatable bonds is 5. The molecule has 0 aliphatic carbocycles. The number of esters is 1. The lowest BCUT2D eigenvalue weighted by Crippen LogP contribution is -2.24. The smallest absolute Gasteiger partial charge is 0.346 e. The molecular formula is C16H19N3O3. The van der Waals surface area contributed by atoms with E-state index in [1.165, 1.54) is 7.11 Å². The SMILES string of the molecule is COC(=O)C(C)Oc1ccc(N(C)c2ncc(C)cn2)cc1. The van der Waals surface area contributed by atoms with E-state index in [1.807, 2.05) is 31.0 Å². The number of hydrogen-bond acceptors (Lipinski definition) is 6. The van der Waals surface area contributed by atoms with E-state index in [0.717, 1.165) is 11.3 Å². The van der Waals surface area contributed by atoms with E-state index in [1.54, 1.807) is 31.5 Å². The van der Waals surface area contributed by atoms with Gasteiger partial charge in [0.05, 0.1) is 7.11 Å². The monoisotopic (exact) mass is 301 g/mol. The summed E-state index contributed by atoms with van der Waals surface area (Å²) in [4.78, 5) is 21.8.